The summed E-state index contributed by atoms with van der Waals surface area (Å²) in [6.07, 6.45) is 1.08. The van der Waals surface area contributed by atoms with Gasteiger partial charge in [0.15, 0.2) is 0 Å². The largest absolute Gasteiger partial charge is 0.466 e. The number of carbonyl (C=O) groups excluding carboxylic acids is 2. The van der Waals surface area contributed by atoms with Gasteiger partial charge in [-0.3, -0.25) is 9.59 Å². The Morgan fingerprint density at radius 1 is 0.935 bits per heavy atom. The Hall–Kier alpha value is -3.40. The van der Waals surface area contributed by atoms with Crippen LogP contribution in [0.25, 0.3) is 0 Å². The van der Waals surface area contributed by atoms with Gasteiger partial charge in [0.25, 0.3) is 5.91 Å². The van der Waals surface area contributed by atoms with Crippen molar-refractivity contribution in [3.05, 3.63) is 107 Å². The SMILES string of the molecule is CCOC(=O)CC(c1ccccc1)c1cccc2c1CCN(C(=O)c1ccccc1)C2. The van der Waals surface area contributed by atoms with Crippen LogP contribution in [0.15, 0.2) is 78.9 Å². The van der Waals surface area contributed by atoms with E-state index in [2.05, 4.69) is 24.3 Å². The molecule has 0 bridgehead atoms. The zero-order chi connectivity index (χ0) is 21.6. The summed E-state index contributed by atoms with van der Waals surface area (Å²) in [7, 11) is 0. The highest BCUT2D eigenvalue weighted by Crippen LogP contribution is 2.34. The molecule has 1 unspecified atom stereocenters. The number of hydrogen-bond donors (Lipinski definition) is 0. The molecule has 3 aromatic rings. The number of rotatable bonds is 6. The lowest BCUT2D eigenvalue weighted by Crippen LogP contribution is -2.36. The normalized spacial score (nSPS) is 13.9. The van der Waals surface area contributed by atoms with Gasteiger partial charge in [-0.05, 0) is 47.7 Å². The van der Waals surface area contributed by atoms with Gasteiger partial charge in [-0.2, -0.15) is 0 Å². The Kier molecular flexibility index (Phi) is 6.46. The van der Waals surface area contributed by atoms with E-state index in [1.54, 1.807) is 0 Å². The van der Waals surface area contributed by atoms with Gasteiger partial charge in [-0.25, -0.2) is 0 Å². The molecule has 0 saturated carbocycles. The van der Waals surface area contributed by atoms with Crippen molar-refractivity contribution in [2.24, 2.45) is 0 Å². The highest BCUT2D eigenvalue weighted by molar-refractivity contribution is 5.94. The van der Waals surface area contributed by atoms with Gasteiger partial charge in [-0.1, -0.05) is 66.7 Å². The van der Waals surface area contributed by atoms with Crippen molar-refractivity contribution in [2.75, 3.05) is 13.2 Å². The lowest BCUT2D eigenvalue weighted by molar-refractivity contribution is -0.143. The van der Waals surface area contributed by atoms with Crippen LogP contribution in [0.3, 0.4) is 0 Å². The van der Waals surface area contributed by atoms with Crippen molar-refractivity contribution in [1.82, 2.24) is 4.90 Å². The Morgan fingerprint density at radius 2 is 1.65 bits per heavy atom. The third kappa shape index (κ3) is 4.69. The van der Waals surface area contributed by atoms with Crippen LogP contribution in [0.4, 0.5) is 0 Å². The van der Waals surface area contributed by atoms with Crippen LogP contribution in [-0.4, -0.2) is 29.9 Å². The monoisotopic (exact) mass is 413 g/mol. The van der Waals surface area contributed by atoms with Crippen LogP contribution in [0.5, 0.6) is 0 Å². The molecule has 1 aliphatic rings. The summed E-state index contributed by atoms with van der Waals surface area (Å²) in [5, 5.41) is 0. The molecule has 0 N–H and O–H groups in total. The third-order valence-electron chi connectivity index (χ3n) is 5.86. The first kappa shape index (κ1) is 20.9. The number of nitrogens with zero attached hydrogens (tertiary/aromatic N) is 1. The summed E-state index contributed by atoms with van der Waals surface area (Å²) in [6, 6.07) is 25.8. The van der Waals surface area contributed by atoms with Crippen LogP contribution in [-0.2, 0) is 22.5 Å². The molecule has 0 spiro atoms. The van der Waals surface area contributed by atoms with Crippen molar-refractivity contribution < 1.29 is 14.3 Å². The van der Waals surface area contributed by atoms with E-state index in [4.69, 9.17) is 4.74 Å². The van der Waals surface area contributed by atoms with E-state index in [0.29, 0.717) is 31.7 Å². The van der Waals surface area contributed by atoms with Crippen molar-refractivity contribution in [1.29, 1.82) is 0 Å². The first-order valence-electron chi connectivity index (χ1n) is 10.8. The summed E-state index contributed by atoms with van der Waals surface area (Å²) >= 11 is 0. The minimum atomic E-state index is -0.189. The Labute approximate surface area is 183 Å². The predicted octanol–water partition coefficient (Wildman–Crippen LogP) is 4.97. The Bertz CT molecular complexity index is 1050. The second-order valence-electron chi connectivity index (χ2n) is 7.80. The van der Waals surface area contributed by atoms with E-state index in [-0.39, 0.29) is 17.8 Å². The first-order chi connectivity index (χ1) is 15.2. The third-order valence-corrected chi connectivity index (χ3v) is 5.86. The Morgan fingerprint density at radius 3 is 2.35 bits per heavy atom. The maximum Gasteiger partial charge on any atom is 0.306 e. The predicted molar refractivity (Wildman–Crippen MR) is 121 cm³/mol. The number of ether oxygens (including phenoxy) is 1. The zero-order valence-electron chi connectivity index (χ0n) is 17.8. The summed E-state index contributed by atoms with van der Waals surface area (Å²) in [6.45, 7) is 3.46. The Balaban J connectivity index is 1.64. The lowest BCUT2D eigenvalue weighted by atomic mass is 9.82. The number of amides is 1. The fraction of sp³-hybridized carbons (Fsp3) is 0.259. The number of hydrogen-bond acceptors (Lipinski definition) is 3. The average molecular weight is 414 g/mol. The fourth-order valence-electron chi connectivity index (χ4n) is 4.38. The molecule has 0 aromatic heterocycles. The highest BCUT2D eigenvalue weighted by Gasteiger charge is 2.27. The molecule has 31 heavy (non-hydrogen) atoms. The van der Waals surface area contributed by atoms with Crippen LogP contribution in [0.2, 0.25) is 0 Å². The van der Waals surface area contributed by atoms with Gasteiger partial charge in [0.2, 0.25) is 0 Å². The second kappa shape index (κ2) is 9.61. The van der Waals surface area contributed by atoms with Gasteiger partial charge >= 0.3 is 5.97 Å². The summed E-state index contributed by atoms with van der Waals surface area (Å²) in [4.78, 5) is 27.2. The number of carbonyl (C=O) groups is 2. The maximum absolute atomic E-state index is 12.9. The number of fused-ring (bicyclic) bond motifs is 1. The highest BCUT2D eigenvalue weighted by atomic mass is 16.5. The summed E-state index contributed by atoms with van der Waals surface area (Å²) < 4.78 is 5.27. The minimum absolute atomic E-state index is 0.0581. The molecular weight excluding hydrogens is 386 g/mol. The van der Waals surface area contributed by atoms with Crippen LogP contribution in [0.1, 0.15) is 51.9 Å². The van der Waals surface area contributed by atoms with Crippen molar-refractivity contribution in [3.63, 3.8) is 0 Å². The molecule has 0 fully saturated rings. The molecule has 1 amide bonds. The van der Waals surface area contributed by atoms with Crippen LogP contribution < -0.4 is 0 Å². The second-order valence-corrected chi connectivity index (χ2v) is 7.80. The minimum Gasteiger partial charge on any atom is -0.466 e. The van der Waals surface area contributed by atoms with E-state index >= 15 is 0 Å². The molecule has 0 aliphatic carbocycles. The van der Waals surface area contributed by atoms with E-state index in [9.17, 15) is 9.59 Å². The van der Waals surface area contributed by atoms with E-state index in [1.807, 2.05) is 66.4 Å². The van der Waals surface area contributed by atoms with Crippen molar-refractivity contribution in [2.45, 2.75) is 32.2 Å². The molecule has 4 nitrogen and oxygen atoms in total. The quantitative estimate of drug-likeness (QED) is 0.536. The van der Waals surface area contributed by atoms with E-state index in [0.717, 1.165) is 23.1 Å². The number of esters is 1. The molecule has 0 saturated heterocycles. The fourth-order valence-corrected chi connectivity index (χ4v) is 4.38. The smallest absolute Gasteiger partial charge is 0.306 e. The van der Waals surface area contributed by atoms with Gasteiger partial charge in [0.1, 0.15) is 0 Å². The van der Waals surface area contributed by atoms with Crippen molar-refractivity contribution >= 4 is 11.9 Å². The van der Waals surface area contributed by atoms with Gasteiger partial charge in [0.05, 0.1) is 13.0 Å². The molecule has 4 rings (SSSR count). The molecule has 0 radical (unpaired) electrons. The molecule has 1 atom stereocenters. The van der Waals surface area contributed by atoms with E-state index < -0.39 is 0 Å². The summed E-state index contributed by atoms with van der Waals surface area (Å²) in [5.74, 6) is -0.194. The van der Waals surface area contributed by atoms with Crippen molar-refractivity contribution in [3.8, 4) is 0 Å². The first-order valence-corrected chi connectivity index (χ1v) is 10.8. The average Bonchev–Trinajstić information content (AvgIpc) is 2.83. The zero-order valence-corrected chi connectivity index (χ0v) is 17.8. The molecule has 158 valence electrons. The standard InChI is InChI=1S/C27H27NO3/c1-2-31-26(29)18-25(20-10-5-3-6-11-20)24-15-9-14-22-19-28(17-16-23(22)24)27(30)21-12-7-4-8-13-21/h3-15,25H,2,16-19H2,1H3. The maximum atomic E-state index is 12.9. The van der Waals surface area contributed by atoms with Crippen LogP contribution in [0, 0.1) is 0 Å². The topological polar surface area (TPSA) is 46.6 Å². The molecule has 3 aromatic carbocycles. The number of benzene rings is 3. The van der Waals surface area contributed by atoms with Gasteiger partial charge in [-0.15, -0.1) is 0 Å². The van der Waals surface area contributed by atoms with Gasteiger partial charge in [0, 0.05) is 24.6 Å². The van der Waals surface area contributed by atoms with Gasteiger partial charge < -0.3 is 9.64 Å². The van der Waals surface area contributed by atoms with E-state index in [1.165, 1.54) is 5.56 Å². The molecule has 1 heterocycles. The molecule has 1 aliphatic heterocycles. The lowest BCUT2D eigenvalue weighted by Gasteiger charge is -2.32. The summed E-state index contributed by atoms with van der Waals surface area (Å²) in [5.41, 5.74) is 5.37. The molecular formula is C27H27NO3. The molecule has 4 heteroatoms. The van der Waals surface area contributed by atoms with Crippen LogP contribution >= 0.6 is 0 Å².